The van der Waals surface area contributed by atoms with E-state index in [1.54, 1.807) is 7.11 Å². The summed E-state index contributed by atoms with van der Waals surface area (Å²) in [5.41, 5.74) is 0. The van der Waals surface area contributed by atoms with Crippen LogP contribution in [-0.2, 0) is 9.47 Å². The van der Waals surface area contributed by atoms with Gasteiger partial charge in [0.25, 0.3) is 0 Å². The first kappa shape index (κ1) is 16.9. The van der Waals surface area contributed by atoms with Crippen molar-refractivity contribution in [1.29, 1.82) is 0 Å². The minimum absolute atomic E-state index is 0.696. The quantitative estimate of drug-likeness (QED) is 0.582. The third-order valence-corrected chi connectivity index (χ3v) is 3.81. The summed E-state index contributed by atoms with van der Waals surface area (Å²) in [5, 5.41) is 3.49. The van der Waals surface area contributed by atoms with Gasteiger partial charge in [0, 0.05) is 19.8 Å². The van der Waals surface area contributed by atoms with E-state index in [4.69, 9.17) is 9.47 Å². The van der Waals surface area contributed by atoms with Crippen LogP contribution >= 0.6 is 0 Å². The predicted octanol–water partition coefficient (Wildman–Crippen LogP) is 1.89. The molecule has 0 amide bonds. The van der Waals surface area contributed by atoms with Crippen LogP contribution in [0.4, 0.5) is 0 Å². The SMILES string of the molecule is COCCOCCCNCCCN1CCCCC1C. The standard InChI is InChI=1S/C15H32N2O2/c1-15-7-3-4-10-17(15)11-5-8-16-9-6-12-19-14-13-18-2/h15-16H,3-14H2,1-2H3. The summed E-state index contributed by atoms with van der Waals surface area (Å²) < 4.78 is 10.3. The van der Waals surface area contributed by atoms with Crippen LogP contribution in [0.5, 0.6) is 0 Å². The normalized spacial score (nSPS) is 20.8. The number of rotatable bonds is 11. The molecule has 114 valence electrons. The van der Waals surface area contributed by atoms with Gasteiger partial charge in [0.15, 0.2) is 0 Å². The van der Waals surface area contributed by atoms with Gasteiger partial charge in [0.05, 0.1) is 13.2 Å². The lowest BCUT2D eigenvalue weighted by Crippen LogP contribution is -2.38. The minimum atomic E-state index is 0.696. The summed E-state index contributed by atoms with van der Waals surface area (Å²) in [4.78, 5) is 2.64. The van der Waals surface area contributed by atoms with Gasteiger partial charge in [0.2, 0.25) is 0 Å². The molecule has 1 aliphatic rings. The fourth-order valence-corrected chi connectivity index (χ4v) is 2.57. The first-order chi connectivity index (χ1) is 9.34. The highest BCUT2D eigenvalue weighted by atomic mass is 16.5. The number of piperidine rings is 1. The van der Waals surface area contributed by atoms with Crippen LogP contribution in [0.15, 0.2) is 0 Å². The molecule has 1 rings (SSSR count). The Bertz CT molecular complexity index is 203. The average Bonchev–Trinajstić information content (AvgIpc) is 2.43. The maximum Gasteiger partial charge on any atom is 0.0700 e. The Balaban J connectivity index is 1.80. The molecule has 0 bridgehead atoms. The fourth-order valence-electron chi connectivity index (χ4n) is 2.57. The lowest BCUT2D eigenvalue weighted by Gasteiger charge is -2.33. The first-order valence-corrected chi connectivity index (χ1v) is 7.86. The average molecular weight is 272 g/mol. The van der Waals surface area contributed by atoms with E-state index in [2.05, 4.69) is 17.1 Å². The zero-order chi connectivity index (χ0) is 13.8. The Morgan fingerprint density at radius 1 is 1.11 bits per heavy atom. The Morgan fingerprint density at radius 3 is 2.74 bits per heavy atom. The summed E-state index contributed by atoms with van der Waals surface area (Å²) in [7, 11) is 1.70. The summed E-state index contributed by atoms with van der Waals surface area (Å²) in [6.45, 7) is 9.34. The van der Waals surface area contributed by atoms with Gasteiger partial charge in [-0.05, 0) is 58.8 Å². The van der Waals surface area contributed by atoms with Gasteiger partial charge in [0.1, 0.15) is 0 Å². The number of methoxy groups -OCH3 is 1. The van der Waals surface area contributed by atoms with Crippen molar-refractivity contribution >= 4 is 0 Å². The predicted molar refractivity (Wildman–Crippen MR) is 79.7 cm³/mol. The van der Waals surface area contributed by atoms with Gasteiger partial charge in [-0.1, -0.05) is 6.42 Å². The molecule has 1 fully saturated rings. The molecule has 1 atom stereocenters. The van der Waals surface area contributed by atoms with E-state index in [0.29, 0.717) is 13.2 Å². The largest absolute Gasteiger partial charge is 0.382 e. The van der Waals surface area contributed by atoms with Crippen LogP contribution in [0.3, 0.4) is 0 Å². The highest BCUT2D eigenvalue weighted by molar-refractivity contribution is 4.72. The van der Waals surface area contributed by atoms with Crippen molar-refractivity contribution in [2.75, 3.05) is 53.1 Å². The van der Waals surface area contributed by atoms with Gasteiger partial charge in [-0.2, -0.15) is 0 Å². The minimum Gasteiger partial charge on any atom is -0.382 e. The van der Waals surface area contributed by atoms with Crippen LogP contribution in [0.25, 0.3) is 0 Å². The smallest absolute Gasteiger partial charge is 0.0700 e. The summed E-state index contributed by atoms with van der Waals surface area (Å²) in [6, 6.07) is 0.794. The zero-order valence-electron chi connectivity index (χ0n) is 12.8. The zero-order valence-corrected chi connectivity index (χ0v) is 12.8. The molecular formula is C15H32N2O2. The van der Waals surface area contributed by atoms with Crippen molar-refractivity contribution in [3.8, 4) is 0 Å². The first-order valence-electron chi connectivity index (χ1n) is 7.86. The summed E-state index contributed by atoms with van der Waals surface area (Å²) >= 11 is 0. The van der Waals surface area contributed by atoms with E-state index >= 15 is 0 Å². The van der Waals surface area contributed by atoms with E-state index in [1.807, 2.05) is 0 Å². The van der Waals surface area contributed by atoms with Gasteiger partial charge < -0.3 is 19.7 Å². The van der Waals surface area contributed by atoms with Crippen LogP contribution in [0, 0.1) is 0 Å². The van der Waals surface area contributed by atoms with Gasteiger partial charge >= 0.3 is 0 Å². The van der Waals surface area contributed by atoms with Crippen molar-refractivity contribution in [3.63, 3.8) is 0 Å². The Labute approximate surface area is 118 Å². The maximum absolute atomic E-state index is 5.42. The van der Waals surface area contributed by atoms with Crippen LogP contribution in [0.2, 0.25) is 0 Å². The van der Waals surface area contributed by atoms with E-state index < -0.39 is 0 Å². The molecule has 0 spiro atoms. The molecule has 1 saturated heterocycles. The number of hydrogen-bond donors (Lipinski definition) is 1. The van der Waals surface area contributed by atoms with Gasteiger partial charge in [-0.15, -0.1) is 0 Å². The van der Waals surface area contributed by atoms with Crippen molar-refractivity contribution in [2.24, 2.45) is 0 Å². The molecule has 0 aliphatic carbocycles. The molecule has 1 N–H and O–H groups in total. The summed E-state index contributed by atoms with van der Waals surface area (Å²) in [6.07, 6.45) is 6.53. The second-order valence-corrected chi connectivity index (χ2v) is 5.44. The number of nitrogens with zero attached hydrogens (tertiary/aromatic N) is 1. The molecule has 0 aromatic heterocycles. The summed E-state index contributed by atoms with van der Waals surface area (Å²) in [5.74, 6) is 0. The van der Waals surface area contributed by atoms with Crippen LogP contribution in [-0.4, -0.2) is 64.1 Å². The lowest BCUT2D eigenvalue weighted by molar-refractivity contribution is 0.0694. The third-order valence-electron chi connectivity index (χ3n) is 3.81. The molecule has 0 saturated carbocycles. The van der Waals surface area contributed by atoms with Crippen LogP contribution < -0.4 is 5.32 Å². The van der Waals surface area contributed by atoms with Crippen LogP contribution in [0.1, 0.15) is 39.0 Å². The Kier molecular flexibility index (Phi) is 10.4. The molecule has 1 heterocycles. The fraction of sp³-hybridized carbons (Fsp3) is 1.00. The van der Waals surface area contributed by atoms with E-state index in [-0.39, 0.29) is 0 Å². The molecule has 0 aromatic rings. The molecule has 4 heteroatoms. The Hall–Kier alpha value is -0.160. The van der Waals surface area contributed by atoms with E-state index in [1.165, 1.54) is 38.8 Å². The lowest BCUT2D eigenvalue weighted by atomic mass is 10.0. The van der Waals surface area contributed by atoms with Gasteiger partial charge in [-0.25, -0.2) is 0 Å². The van der Waals surface area contributed by atoms with Crippen molar-refractivity contribution < 1.29 is 9.47 Å². The molecular weight excluding hydrogens is 240 g/mol. The molecule has 0 aromatic carbocycles. The number of ether oxygens (including phenoxy) is 2. The van der Waals surface area contributed by atoms with E-state index in [9.17, 15) is 0 Å². The second-order valence-electron chi connectivity index (χ2n) is 5.44. The van der Waals surface area contributed by atoms with Gasteiger partial charge in [-0.3, -0.25) is 0 Å². The molecule has 1 unspecified atom stereocenters. The van der Waals surface area contributed by atoms with Crippen molar-refractivity contribution in [3.05, 3.63) is 0 Å². The second kappa shape index (κ2) is 11.6. The highest BCUT2D eigenvalue weighted by Crippen LogP contribution is 2.15. The monoisotopic (exact) mass is 272 g/mol. The van der Waals surface area contributed by atoms with Crippen molar-refractivity contribution in [2.45, 2.75) is 45.1 Å². The Morgan fingerprint density at radius 2 is 1.95 bits per heavy atom. The molecule has 19 heavy (non-hydrogen) atoms. The number of likely N-dealkylation sites (tertiary alicyclic amines) is 1. The van der Waals surface area contributed by atoms with E-state index in [0.717, 1.165) is 32.2 Å². The molecule has 4 nitrogen and oxygen atoms in total. The topological polar surface area (TPSA) is 33.7 Å². The highest BCUT2D eigenvalue weighted by Gasteiger charge is 2.16. The number of hydrogen-bond acceptors (Lipinski definition) is 4. The molecule has 0 radical (unpaired) electrons. The van der Waals surface area contributed by atoms with Crippen molar-refractivity contribution in [1.82, 2.24) is 10.2 Å². The number of nitrogens with one attached hydrogen (secondary N) is 1. The maximum atomic E-state index is 5.42. The third kappa shape index (κ3) is 8.58. The molecule has 1 aliphatic heterocycles.